The molecule has 0 amide bonds. The average Bonchev–Trinajstić information content (AvgIpc) is 2.94. The van der Waals surface area contributed by atoms with Crippen LogP contribution < -0.4 is 0 Å². The van der Waals surface area contributed by atoms with E-state index >= 15 is 0 Å². The first-order chi connectivity index (χ1) is 11.1. The molecular formula is C16H19ClO6. The Morgan fingerprint density at radius 1 is 1.30 bits per heavy atom. The molecule has 0 aromatic heterocycles. The van der Waals surface area contributed by atoms with Crippen LogP contribution in [0.4, 0.5) is 0 Å². The van der Waals surface area contributed by atoms with Crippen molar-refractivity contribution in [3.05, 3.63) is 46.7 Å². The minimum atomic E-state index is -1.48. The Balaban J connectivity index is 2.48. The van der Waals surface area contributed by atoms with Crippen molar-refractivity contribution in [2.75, 3.05) is 27.6 Å². The number of carbonyl (C=O) groups excluding carboxylic acids is 1. The summed E-state index contributed by atoms with van der Waals surface area (Å²) in [5.41, 5.74) is 0.506. The smallest absolute Gasteiger partial charge is 0.335 e. The SMILES string of the molecule is CCOCOC(OC)(c1ccccc1Cl)C1OC(=O)C=C1OC. The molecule has 2 unspecified atom stereocenters. The van der Waals surface area contributed by atoms with E-state index in [0.29, 0.717) is 17.2 Å². The lowest BCUT2D eigenvalue weighted by atomic mass is 9.98. The lowest BCUT2D eigenvalue weighted by molar-refractivity contribution is -0.306. The summed E-state index contributed by atoms with van der Waals surface area (Å²) < 4.78 is 27.3. The van der Waals surface area contributed by atoms with E-state index in [1.807, 2.05) is 6.92 Å². The number of rotatable bonds is 8. The van der Waals surface area contributed by atoms with Crippen LogP contribution in [-0.4, -0.2) is 39.7 Å². The molecule has 1 aliphatic rings. The molecular weight excluding hydrogens is 324 g/mol. The van der Waals surface area contributed by atoms with E-state index < -0.39 is 17.9 Å². The number of hydrogen-bond acceptors (Lipinski definition) is 6. The highest BCUT2D eigenvalue weighted by Crippen LogP contribution is 2.41. The standard InChI is InChI=1S/C16H19ClO6/c1-4-21-10-22-16(20-3,11-7-5-6-8-12(11)17)15-13(19-2)9-14(18)23-15/h5-9,15H,4,10H2,1-3H3. The quantitative estimate of drug-likeness (QED) is 0.411. The average molecular weight is 343 g/mol. The van der Waals surface area contributed by atoms with Crippen LogP contribution in [0.5, 0.6) is 0 Å². The summed E-state index contributed by atoms with van der Waals surface area (Å²) in [6.07, 6.45) is 0.310. The summed E-state index contributed by atoms with van der Waals surface area (Å²) in [6.45, 7) is 2.23. The number of carbonyl (C=O) groups is 1. The van der Waals surface area contributed by atoms with Gasteiger partial charge in [0.2, 0.25) is 11.9 Å². The first kappa shape index (κ1) is 17.7. The molecule has 0 spiro atoms. The van der Waals surface area contributed by atoms with Crippen molar-refractivity contribution < 1.29 is 28.5 Å². The van der Waals surface area contributed by atoms with Crippen molar-refractivity contribution >= 4 is 17.6 Å². The van der Waals surface area contributed by atoms with Crippen molar-refractivity contribution in [1.82, 2.24) is 0 Å². The molecule has 1 aliphatic heterocycles. The maximum atomic E-state index is 11.7. The maximum Gasteiger partial charge on any atom is 0.335 e. The number of benzene rings is 1. The van der Waals surface area contributed by atoms with Gasteiger partial charge in [-0.3, -0.25) is 0 Å². The number of esters is 1. The normalized spacial score (nSPS) is 19.9. The molecule has 7 heteroatoms. The van der Waals surface area contributed by atoms with Crippen LogP contribution in [0.25, 0.3) is 0 Å². The van der Waals surface area contributed by atoms with E-state index in [-0.39, 0.29) is 12.6 Å². The molecule has 0 saturated heterocycles. The minimum Gasteiger partial charge on any atom is -0.497 e. The van der Waals surface area contributed by atoms with E-state index in [1.165, 1.54) is 20.3 Å². The zero-order chi connectivity index (χ0) is 16.9. The highest BCUT2D eigenvalue weighted by molar-refractivity contribution is 6.31. The highest BCUT2D eigenvalue weighted by Gasteiger charge is 2.51. The molecule has 126 valence electrons. The Hall–Kier alpha value is -1.60. The zero-order valence-electron chi connectivity index (χ0n) is 13.2. The predicted molar refractivity (Wildman–Crippen MR) is 82.7 cm³/mol. The summed E-state index contributed by atoms with van der Waals surface area (Å²) in [5, 5.41) is 0.407. The first-order valence-corrected chi connectivity index (χ1v) is 7.44. The Morgan fingerprint density at radius 3 is 2.65 bits per heavy atom. The van der Waals surface area contributed by atoms with Gasteiger partial charge < -0.3 is 23.7 Å². The summed E-state index contributed by atoms with van der Waals surface area (Å²) in [5.74, 6) is -1.74. The van der Waals surface area contributed by atoms with Crippen LogP contribution in [0.3, 0.4) is 0 Å². The van der Waals surface area contributed by atoms with Gasteiger partial charge in [0.1, 0.15) is 5.76 Å². The summed E-state index contributed by atoms with van der Waals surface area (Å²) in [4.78, 5) is 11.7. The van der Waals surface area contributed by atoms with E-state index in [4.69, 9.17) is 35.3 Å². The number of halogens is 1. The molecule has 2 atom stereocenters. The van der Waals surface area contributed by atoms with Crippen molar-refractivity contribution in [2.24, 2.45) is 0 Å². The number of hydrogen-bond donors (Lipinski definition) is 0. The fourth-order valence-corrected chi connectivity index (χ4v) is 2.63. The fourth-order valence-electron chi connectivity index (χ4n) is 2.36. The second-order valence-electron chi connectivity index (χ2n) is 4.67. The second kappa shape index (κ2) is 7.79. The van der Waals surface area contributed by atoms with Crippen molar-refractivity contribution in [1.29, 1.82) is 0 Å². The van der Waals surface area contributed by atoms with E-state index in [2.05, 4.69) is 0 Å². The number of methoxy groups -OCH3 is 2. The third kappa shape index (κ3) is 3.50. The molecule has 0 aliphatic carbocycles. The number of cyclic esters (lactones) is 1. The molecule has 1 aromatic rings. The molecule has 0 bridgehead atoms. The van der Waals surface area contributed by atoms with Crippen LogP contribution in [0, 0.1) is 0 Å². The summed E-state index contributed by atoms with van der Waals surface area (Å²) in [6, 6.07) is 6.99. The van der Waals surface area contributed by atoms with Crippen LogP contribution in [0.2, 0.25) is 5.02 Å². The van der Waals surface area contributed by atoms with Gasteiger partial charge >= 0.3 is 5.97 Å². The van der Waals surface area contributed by atoms with Crippen LogP contribution in [0.1, 0.15) is 12.5 Å². The van der Waals surface area contributed by atoms with Crippen LogP contribution in [-0.2, 0) is 34.3 Å². The van der Waals surface area contributed by atoms with Gasteiger partial charge in [-0.1, -0.05) is 29.8 Å². The lowest BCUT2D eigenvalue weighted by Gasteiger charge is -2.37. The molecule has 0 N–H and O–H groups in total. The molecule has 2 rings (SSSR count). The Labute approximate surface area is 139 Å². The predicted octanol–water partition coefficient (Wildman–Crippen LogP) is 2.61. The van der Waals surface area contributed by atoms with Gasteiger partial charge in [0.15, 0.2) is 6.79 Å². The summed E-state index contributed by atoms with van der Waals surface area (Å²) in [7, 11) is 2.88. The second-order valence-corrected chi connectivity index (χ2v) is 5.08. The van der Waals surface area contributed by atoms with Gasteiger partial charge in [-0.2, -0.15) is 0 Å². The Morgan fingerprint density at radius 2 is 2.04 bits per heavy atom. The minimum absolute atomic E-state index is 0.0688. The lowest BCUT2D eigenvalue weighted by Crippen LogP contribution is -2.46. The van der Waals surface area contributed by atoms with Gasteiger partial charge in [0.05, 0.1) is 13.2 Å². The van der Waals surface area contributed by atoms with E-state index in [9.17, 15) is 4.79 Å². The zero-order valence-corrected chi connectivity index (χ0v) is 14.0. The van der Waals surface area contributed by atoms with Crippen LogP contribution in [0.15, 0.2) is 36.1 Å². The molecule has 23 heavy (non-hydrogen) atoms. The third-order valence-corrected chi connectivity index (χ3v) is 3.78. The molecule has 0 saturated carbocycles. The highest BCUT2D eigenvalue weighted by atomic mass is 35.5. The van der Waals surface area contributed by atoms with Gasteiger partial charge in [-0.05, 0) is 13.0 Å². The topological polar surface area (TPSA) is 63.2 Å². The van der Waals surface area contributed by atoms with Gasteiger partial charge in [-0.25, -0.2) is 4.79 Å². The van der Waals surface area contributed by atoms with Crippen molar-refractivity contribution in [3.63, 3.8) is 0 Å². The van der Waals surface area contributed by atoms with Gasteiger partial charge in [-0.15, -0.1) is 0 Å². The van der Waals surface area contributed by atoms with Gasteiger partial charge in [0.25, 0.3) is 0 Å². The van der Waals surface area contributed by atoms with Crippen LogP contribution >= 0.6 is 11.6 Å². The van der Waals surface area contributed by atoms with Gasteiger partial charge in [0, 0.05) is 24.3 Å². The molecule has 6 nitrogen and oxygen atoms in total. The molecule has 0 fully saturated rings. The fraction of sp³-hybridized carbons (Fsp3) is 0.438. The Kier molecular flexibility index (Phi) is 6.01. The molecule has 1 aromatic carbocycles. The van der Waals surface area contributed by atoms with E-state index in [1.54, 1.807) is 24.3 Å². The third-order valence-electron chi connectivity index (χ3n) is 3.45. The summed E-state index contributed by atoms with van der Waals surface area (Å²) >= 11 is 6.30. The van der Waals surface area contributed by atoms with Crippen molar-refractivity contribution in [2.45, 2.75) is 18.8 Å². The monoisotopic (exact) mass is 342 g/mol. The molecule has 1 heterocycles. The van der Waals surface area contributed by atoms with E-state index in [0.717, 1.165) is 0 Å². The maximum absolute atomic E-state index is 11.7. The largest absolute Gasteiger partial charge is 0.497 e. The van der Waals surface area contributed by atoms with Crippen molar-refractivity contribution in [3.8, 4) is 0 Å². The number of ether oxygens (including phenoxy) is 5. The first-order valence-electron chi connectivity index (χ1n) is 7.07. The molecule has 0 radical (unpaired) electrons. The Bertz CT molecular complexity index is 588.